The van der Waals surface area contributed by atoms with Crippen molar-refractivity contribution in [1.29, 1.82) is 0 Å². The van der Waals surface area contributed by atoms with Crippen molar-refractivity contribution in [3.05, 3.63) is 0 Å². The van der Waals surface area contributed by atoms with Crippen LogP contribution < -0.4 is 0 Å². The fourth-order valence-electron chi connectivity index (χ4n) is 1.29. The summed E-state index contributed by atoms with van der Waals surface area (Å²) in [5.41, 5.74) is 0. The van der Waals surface area contributed by atoms with Gasteiger partial charge in [0, 0.05) is 26.2 Å². The Labute approximate surface area is 86.5 Å². The zero-order valence-electron chi connectivity index (χ0n) is 9.44. The minimum atomic E-state index is -0.652. The smallest absolute Gasteiger partial charge is 0.0897 e. The Bertz CT molecular complexity index is 133. The normalized spacial score (nSPS) is 15.9. The van der Waals surface area contributed by atoms with E-state index < -0.39 is 6.10 Å². The van der Waals surface area contributed by atoms with Gasteiger partial charge in [-0.05, 0) is 13.3 Å². The maximum absolute atomic E-state index is 9.34. The minimum absolute atomic E-state index is 0.181. The predicted molar refractivity (Wildman–Crippen MR) is 56.3 cm³/mol. The molecular weight excluding hydrogens is 182 g/mol. The molecule has 0 saturated heterocycles. The molecule has 2 unspecified atom stereocenters. The van der Waals surface area contributed by atoms with Crippen LogP contribution in [-0.4, -0.2) is 60.7 Å². The van der Waals surface area contributed by atoms with E-state index in [4.69, 9.17) is 9.84 Å². The highest BCUT2D eigenvalue weighted by Crippen LogP contribution is 2.04. The van der Waals surface area contributed by atoms with Gasteiger partial charge in [0.2, 0.25) is 0 Å². The molecular formula is C10H23NO3. The van der Waals surface area contributed by atoms with Crippen LogP contribution in [0.4, 0.5) is 0 Å². The number of ether oxygens (including phenoxy) is 1. The Morgan fingerprint density at radius 1 is 1.43 bits per heavy atom. The average Bonchev–Trinajstić information content (AvgIpc) is 2.22. The van der Waals surface area contributed by atoms with Gasteiger partial charge in [-0.25, -0.2) is 0 Å². The lowest BCUT2D eigenvalue weighted by molar-refractivity contribution is 0.0353. The predicted octanol–water partition coefficient (Wildman–Crippen LogP) is 0.0865. The SMILES string of the molecule is CCC(C)N(CCOC)CC(O)CO. The van der Waals surface area contributed by atoms with Gasteiger partial charge in [0.1, 0.15) is 0 Å². The summed E-state index contributed by atoms with van der Waals surface area (Å²) in [7, 11) is 1.66. The maximum atomic E-state index is 9.34. The summed E-state index contributed by atoms with van der Waals surface area (Å²) in [4.78, 5) is 2.13. The molecule has 0 rings (SSSR count). The zero-order valence-corrected chi connectivity index (χ0v) is 9.44. The van der Waals surface area contributed by atoms with Crippen molar-refractivity contribution >= 4 is 0 Å². The van der Waals surface area contributed by atoms with Gasteiger partial charge >= 0.3 is 0 Å². The number of hydrogen-bond donors (Lipinski definition) is 2. The van der Waals surface area contributed by atoms with Crippen molar-refractivity contribution in [2.45, 2.75) is 32.4 Å². The van der Waals surface area contributed by atoms with Gasteiger partial charge in [-0.3, -0.25) is 4.90 Å². The molecule has 0 radical (unpaired) electrons. The van der Waals surface area contributed by atoms with Crippen LogP contribution in [0.3, 0.4) is 0 Å². The summed E-state index contributed by atoms with van der Waals surface area (Å²) in [5, 5.41) is 18.1. The molecule has 0 fully saturated rings. The van der Waals surface area contributed by atoms with Crippen molar-refractivity contribution in [2.75, 3.05) is 33.4 Å². The molecule has 2 atom stereocenters. The minimum Gasteiger partial charge on any atom is -0.394 e. The number of nitrogens with zero attached hydrogens (tertiary/aromatic N) is 1. The summed E-state index contributed by atoms with van der Waals surface area (Å²) in [5.74, 6) is 0. The molecule has 0 aromatic heterocycles. The van der Waals surface area contributed by atoms with Crippen molar-refractivity contribution in [1.82, 2.24) is 4.90 Å². The second-order valence-electron chi connectivity index (χ2n) is 3.58. The molecule has 0 spiro atoms. The molecule has 2 N–H and O–H groups in total. The first kappa shape index (κ1) is 13.8. The third-order valence-corrected chi connectivity index (χ3v) is 2.45. The van der Waals surface area contributed by atoms with Crippen molar-refractivity contribution in [3.63, 3.8) is 0 Å². The van der Waals surface area contributed by atoms with Crippen LogP contribution in [-0.2, 0) is 4.74 Å². The van der Waals surface area contributed by atoms with Crippen LogP contribution in [0.1, 0.15) is 20.3 Å². The van der Waals surface area contributed by atoms with Crippen LogP contribution in [0.25, 0.3) is 0 Å². The van der Waals surface area contributed by atoms with E-state index >= 15 is 0 Å². The van der Waals surface area contributed by atoms with E-state index in [1.54, 1.807) is 7.11 Å². The third kappa shape index (κ3) is 5.54. The van der Waals surface area contributed by atoms with Gasteiger partial charge in [-0.1, -0.05) is 6.92 Å². The highest BCUT2D eigenvalue weighted by molar-refractivity contribution is 4.69. The van der Waals surface area contributed by atoms with Crippen molar-refractivity contribution < 1.29 is 14.9 Å². The highest BCUT2D eigenvalue weighted by atomic mass is 16.5. The lowest BCUT2D eigenvalue weighted by atomic mass is 10.2. The van der Waals surface area contributed by atoms with Crippen molar-refractivity contribution in [2.24, 2.45) is 0 Å². The van der Waals surface area contributed by atoms with E-state index in [1.807, 2.05) is 0 Å². The summed E-state index contributed by atoms with van der Waals surface area (Å²) in [6.07, 6.45) is 0.378. The van der Waals surface area contributed by atoms with Gasteiger partial charge in [0.15, 0.2) is 0 Å². The average molecular weight is 205 g/mol. The fraction of sp³-hybridized carbons (Fsp3) is 1.00. The van der Waals surface area contributed by atoms with Crippen LogP contribution in [0, 0.1) is 0 Å². The topological polar surface area (TPSA) is 52.9 Å². The molecule has 0 aromatic rings. The first-order chi connectivity index (χ1) is 6.65. The van der Waals surface area contributed by atoms with Gasteiger partial charge in [0.25, 0.3) is 0 Å². The summed E-state index contributed by atoms with van der Waals surface area (Å²) < 4.78 is 5.00. The van der Waals surface area contributed by atoms with E-state index in [2.05, 4.69) is 18.7 Å². The Morgan fingerprint density at radius 3 is 2.50 bits per heavy atom. The molecule has 86 valence electrons. The molecule has 0 aromatic carbocycles. The van der Waals surface area contributed by atoms with E-state index in [0.717, 1.165) is 13.0 Å². The number of aliphatic hydroxyl groups is 2. The molecule has 0 saturated carbocycles. The molecule has 0 aliphatic carbocycles. The van der Waals surface area contributed by atoms with Gasteiger partial charge < -0.3 is 14.9 Å². The van der Waals surface area contributed by atoms with Gasteiger partial charge in [-0.15, -0.1) is 0 Å². The number of hydrogen-bond acceptors (Lipinski definition) is 4. The Hall–Kier alpha value is -0.160. The second kappa shape index (κ2) is 8.17. The van der Waals surface area contributed by atoms with E-state index in [-0.39, 0.29) is 6.61 Å². The molecule has 4 nitrogen and oxygen atoms in total. The summed E-state index contributed by atoms with van der Waals surface area (Å²) >= 11 is 0. The monoisotopic (exact) mass is 205 g/mol. The molecule has 14 heavy (non-hydrogen) atoms. The largest absolute Gasteiger partial charge is 0.394 e. The summed E-state index contributed by atoms with van der Waals surface area (Å²) in [6.45, 7) is 6.00. The Morgan fingerprint density at radius 2 is 2.07 bits per heavy atom. The maximum Gasteiger partial charge on any atom is 0.0897 e. The third-order valence-electron chi connectivity index (χ3n) is 2.45. The van der Waals surface area contributed by atoms with E-state index in [0.29, 0.717) is 19.2 Å². The molecule has 0 aliphatic heterocycles. The summed E-state index contributed by atoms with van der Waals surface area (Å²) in [6, 6.07) is 0.409. The van der Waals surface area contributed by atoms with Crippen LogP contribution >= 0.6 is 0 Å². The zero-order chi connectivity index (χ0) is 11.0. The standard InChI is InChI=1S/C10H23NO3/c1-4-9(2)11(5-6-14-3)7-10(13)8-12/h9-10,12-13H,4-8H2,1-3H3. The van der Waals surface area contributed by atoms with Crippen molar-refractivity contribution in [3.8, 4) is 0 Å². The molecule has 0 amide bonds. The van der Waals surface area contributed by atoms with Crippen LogP contribution in [0.15, 0.2) is 0 Å². The quantitative estimate of drug-likeness (QED) is 0.589. The molecule has 4 heteroatoms. The molecule has 0 aliphatic rings. The van der Waals surface area contributed by atoms with Crippen LogP contribution in [0.2, 0.25) is 0 Å². The Kier molecular flexibility index (Phi) is 8.08. The number of rotatable bonds is 8. The second-order valence-corrected chi connectivity index (χ2v) is 3.58. The lowest BCUT2D eigenvalue weighted by Gasteiger charge is -2.29. The highest BCUT2D eigenvalue weighted by Gasteiger charge is 2.15. The number of methoxy groups -OCH3 is 1. The van der Waals surface area contributed by atoms with Gasteiger partial charge in [-0.2, -0.15) is 0 Å². The lowest BCUT2D eigenvalue weighted by Crippen LogP contribution is -2.41. The van der Waals surface area contributed by atoms with Crippen LogP contribution in [0.5, 0.6) is 0 Å². The number of aliphatic hydroxyl groups excluding tert-OH is 2. The van der Waals surface area contributed by atoms with Gasteiger partial charge in [0.05, 0.1) is 19.3 Å². The van der Waals surface area contributed by atoms with E-state index in [1.165, 1.54) is 0 Å². The first-order valence-corrected chi connectivity index (χ1v) is 5.17. The first-order valence-electron chi connectivity index (χ1n) is 5.17. The van der Waals surface area contributed by atoms with E-state index in [9.17, 15) is 5.11 Å². The molecule has 0 bridgehead atoms. The fourth-order valence-corrected chi connectivity index (χ4v) is 1.29. The molecule has 0 heterocycles. The Balaban J connectivity index is 3.96.